The van der Waals surface area contributed by atoms with Crippen LogP contribution in [0.1, 0.15) is 31.9 Å². The van der Waals surface area contributed by atoms with Crippen molar-refractivity contribution < 1.29 is 17.4 Å². The average Bonchev–Trinajstić information content (AvgIpc) is 2.63. The molecule has 0 aliphatic heterocycles. The minimum Gasteiger partial charge on any atom is -0.379 e. The molecule has 0 spiro atoms. The Morgan fingerprint density at radius 1 is 1.09 bits per heavy atom. The van der Waals surface area contributed by atoms with Crippen LogP contribution in [-0.4, -0.2) is 57.0 Å². The van der Waals surface area contributed by atoms with E-state index in [0.717, 1.165) is 5.56 Å². The smallest absolute Gasteiger partial charge is 0.340 e. The first kappa shape index (κ1) is 26.0. The fraction of sp³-hybridized carbons (Fsp3) is 0.435. The molecule has 2 aromatic carbocycles. The van der Waals surface area contributed by atoms with Gasteiger partial charge in [-0.05, 0) is 71.1 Å². The maximum atomic E-state index is 12.8. The fourth-order valence-electron chi connectivity index (χ4n) is 2.99. The molecular formula is C23H32ClN3O4S. The summed E-state index contributed by atoms with van der Waals surface area (Å²) < 4.78 is 31.0. The lowest BCUT2D eigenvalue weighted by Gasteiger charge is -2.29. The predicted molar refractivity (Wildman–Crippen MR) is 128 cm³/mol. The highest BCUT2D eigenvalue weighted by molar-refractivity contribution is 7.87. The van der Waals surface area contributed by atoms with E-state index in [1.54, 1.807) is 42.2 Å². The quantitative estimate of drug-likeness (QED) is 0.569. The average molecular weight is 482 g/mol. The molecule has 0 atom stereocenters. The first-order chi connectivity index (χ1) is 14.8. The van der Waals surface area contributed by atoms with Crippen LogP contribution in [0.2, 0.25) is 5.02 Å². The van der Waals surface area contributed by atoms with Crippen molar-refractivity contribution in [2.75, 3.05) is 27.2 Å². The van der Waals surface area contributed by atoms with Crippen molar-refractivity contribution in [1.29, 1.82) is 0 Å². The minimum atomic E-state index is -4.11. The number of urea groups is 1. The van der Waals surface area contributed by atoms with Crippen molar-refractivity contribution in [3.05, 3.63) is 58.6 Å². The zero-order chi connectivity index (χ0) is 24.1. The molecule has 176 valence electrons. The Labute approximate surface area is 196 Å². The molecule has 2 rings (SSSR count). The van der Waals surface area contributed by atoms with E-state index in [4.69, 9.17) is 15.8 Å². The number of halogens is 1. The molecule has 0 aliphatic carbocycles. The molecule has 0 aliphatic rings. The van der Waals surface area contributed by atoms with Crippen LogP contribution >= 0.6 is 11.6 Å². The van der Waals surface area contributed by atoms with E-state index in [2.05, 4.69) is 5.32 Å². The van der Waals surface area contributed by atoms with E-state index >= 15 is 0 Å². The second-order valence-electron chi connectivity index (χ2n) is 8.98. The van der Waals surface area contributed by atoms with Crippen molar-refractivity contribution in [2.24, 2.45) is 0 Å². The largest absolute Gasteiger partial charge is 0.379 e. The Hall–Kier alpha value is -2.29. The molecule has 2 aromatic rings. The third-order valence-corrected chi connectivity index (χ3v) is 6.36. The fourth-order valence-corrected chi connectivity index (χ4v) is 4.71. The second-order valence-corrected chi connectivity index (χ2v) is 10.9. The van der Waals surface area contributed by atoms with Crippen LogP contribution in [0.25, 0.3) is 0 Å². The van der Waals surface area contributed by atoms with E-state index < -0.39 is 10.1 Å². The van der Waals surface area contributed by atoms with Gasteiger partial charge in [-0.2, -0.15) is 8.42 Å². The molecule has 9 heteroatoms. The summed E-state index contributed by atoms with van der Waals surface area (Å²) in [6, 6.07) is 11.4. The van der Waals surface area contributed by atoms with Crippen molar-refractivity contribution in [1.82, 2.24) is 15.1 Å². The first-order valence-corrected chi connectivity index (χ1v) is 12.1. The molecule has 0 aromatic heterocycles. The van der Waals surface area contributed by atoms with Gasteiger partial charge in [0.1, 0.15) is 10.6 Å². The Bertz CT molecular complexity index is 1030. The standard InChI is InChI=1S/C23H32ClN3O4S/c1-17-9-7-12-20(24)21(17)32(29,30)31-19-11-8-10-18(15-19)16-27(14-13-26(5)6)22(28)25-23(2,3)4/h7-12,15H,13-14,16H2,1-6H3,(H,25,28). The van der Waals surface area contributed by atoms with Crippen LogP contribution < -0.4 is 9.50 Å². The number of carbonyl (C=O) groups excluding carboxylic acids is 1. The van der Waals surface area contributed by atoms with Gasteiger partial charge in [-0.3, -0.25) is 0 Å². The second kappa shape index (κ2) is 10.6. The topological polar surface area (TPSA) is 79.0 Å². The summed E-state index contributed by atoms with van der Waals surface area (Å²) in [5.41, 5.74) is 0.873. The number of aryl methyl sites for hydroxylation is 1. The summed E-state index contributed by atoms with van der Waals surface area (Å²) in [7, 11) is -0.233. The number of likely N-dealkylation sites (N-methyl/N-ethyl adjacent to an activating group) is 1. The highest BCUT2D eigenvalue weighted by atomic mass is 35.5. The number of nitrogens with zero attached hydrogens (tertiary/aromatic N) is 2. The van der Waals surface area contributed by atoms with Gasteiger partial charge < -0.3 is 19.3 Å². The molecule has 0 radical (unpaired) electrons. The molecular weight excluding hydrogens is 450 g/mol. The van der Waals surface area contributed by atoms with Gasteiger partial charge in [0, 0.05) is 25.2 Å². The molecule has 0 heterocycles. The highest BCUT2D eigenvalue weighted by Crippen LogP contribution is 2.28. The Kier molecular flexibility index (Phi) is 8.56. The summed E-state index contributed by atoms with van der Waals surface area (Å²) in [5.74, 6) is 0.158. The number of benzene rings is 2. The lowest BCUT2D eigenvalue weighted by atomic mass is 10.1. The molecule has 32 heavy (non-hydrogen) atoms. The lowest BCUT2D eigenvalue weighted by molar-refractivity contribution is 0.180. The number of hydrogen-bond acceptors (Lipinski definition) is 5. The Morgan fingerprint density at radius 2 is 1.75 bits per heavy atom. The van der Waals surface area contributed by atoms with Gasteiger partial charge in [-0.25, -0.2) is 4.79 Å². The van der Waals surface area contributed by atoms with Crippen molar-refractivity contribution in [3.8, 4) is 5.75 Å². The van der Waals surface area contributed by atoms with Crippen LogP contribution in [0.15, 0.2) is 47.4 Å². The molecule has 0 bridgehead atoms. The zero-order valence-electron chi connectivity index (χ0n) is 19.5. The Balaban J connectivity index is 2.25. The van der Waals surface area contributed by atoms with Crippen LogP contribution in [-0.2, 0) is 16.7 Å². The van der Waals surface area contributed by atoms with E-state index in [0.29, 0.717) is 25.2 Å². The SMILES string of the molecule is Cc1cccc(Cl)c1S(=O)(=O)Oc1cccc(CN(CCN(C)C)C(=O)NC(C)(C)C)c1. The predicted octanol–water partition coefficient (Wildman–Crippen LogP) is 4.29. The summed E-state index contributed by atoms with van der Waals surface area (Å²) in [5, 5.41) is 3.08. The summed E-state index contributed by atoms with van der Waals surface area (Å²) in [6.45, 7) is 8.93. The van der Waals surface area contributed by atoms with Crippen molar-refractivity contribution >= 4 is 27.8 Å². The van der Waals surface area contributed by atoms with E-state index in [1.165, 1.54) is 6.07 Å². The van der Waals surface area contributed by atoms with E-state index in [-0.39, 0.29) is 27.2 Å². The third kappa shape index (κ3) is 7.69. The molecule has 2 amide bonds. The van der Waals surface area contributed by atoms with Crippen LogP contribution in [0.5, 0.6) is 5.75 Å². The molecule has 0 saturated carbocycles. The molecule has 0 unspecified atom stereocenters. The van der Waals surface area contributed by atoms with E-state index in [1.807, 2.05) is 45.8 Å². The minimum absolute atomic E-state index is 0.0516. The van der Waals surface area contributed by atoms with Crippen molar-refractivity contribution in [3.63, 3.8) is 0 Å². The molecule has 1 N–H and O–H groups in total. The van der Waals surface area contributed by atoms with Gasteiger partial charge in [0.05, 0.1) is 5.02 Å². The number of carbonyl (C=O) groups is 1. The number of rotatable bonds is 8. The van der Waals surface area contributed by atoms with E-state index in [9.17, 15) is 13.2 Å². The third-order valence-electron chi connectivity index (χ3n) is 4.48. The maximum absolute atomic E-state index is 12.8. The van der Waals surface area contributed by atoms with Crippen LogP contribution in [0, 0.1) is 6.92 Å². The number of nitrogens with one attached hydrogen (secondary N) is 1. The zero-order valence-corrected chi connectivity index (χ0v) is 21.0. The van der Waals surface area contributed by atoms with Crippen LogP contribution in [0.4, 0.5) is 4.79 Å². The first-order valence-electron chi connectivity index (χ1n) is 10.3. The maximum Gasteiger partial charge on any atom is 0.340 e. The lowest BCUT2D eigenvalue weighted by Crippen LogP contribution is -2.49. The van der Waals surface area contributed by atoms with Crippen molar-refractivity contribution in [2.45, 2.75) is 44.7 Å². The number of hydrogen-bond donors (Lipinski definition) is 1. The van der Waals surface area contributed by atoms with Gasteiger partial charge in [-0.1, -0.05) is 35.9 Å². The normalized spacial score (nSPS) is 12.0. The van der Waals surface area contributed by atoms with Gasteiger partial charge in [0.25, 0.3) is 0 Å². The molecule has 7 nitrogen and oxygen atoms in total. The Morgan fingerprint density at radius 3 is 2.34 bits per heavy atom. The van der Waals surface area contributed by atoms with Gasteiger partial charge in [0.15, 0.2) is 0 Å². The van der Waals surface area contributed by atoms with Gasteiger partial charge >= 0.3 is 16.1 Å². The molecule has 0 fully saturated rings. The summed E-state index contributed by atoms with van der Waals surface area (Å²) in [6.07, 6.45) is 0. The van der Waals surface area contributed by atoms with Gasteiger partial charge in [-0.15, -0.1) is 0 Å². The summed E-state index contributed by atoms with van der Waals surface area (Å²) >= 11 is 6.11. The monoisotopic (exact) mass is 481 g/mol. The highest BCUT2D eigenvalue weighted by Gasteiger charge is 2.24. The summed E-state index contributed by atoms with van der Waals surface area (Å²) in [4.78, 5) is 16.4. The van der Waals surface area contributed by atoms with Gasteiger partial charge in [0.2, 0.25) is 0 Å². The number of amides is 2. The van der Waals surface area contributed by atoms with Crippen LogP contribution in [0.3, 0.4) is 0 Å². The molecule has 0 saturated heterocycles.